The fourth-order valence-electron chi connectivity index (χ4n) is 3.26. The SMILES string of the molecule is COC(=O)c1ccc(OC(=O)c2ccc(OC(=O)c3ccc(OC(=O)c4ccc(ON)cc4)cc3)cc2)cc1. The normalized spacial score (nSPS) is 10.2. The van der Waals surface area contributed by atoms with Gasteiger partial charge in [0.05, 0.1) is 29.4 Å². The van der Waals surface area contributed by atoms with Crippen LogP contribution in [0.3, 0.4) is 0 Å². The minimum Gasteiger partial charge on any atom is -0.465 e. The van der Waals surface area contributed by atoms with Gasteiger partial charge >= 0.3 is 23.9 Å². The van der Waals surface area contributed by atoms with E-state index in [1.54, 1.807) is 0 Å². The first-order chi connectivity index (χ1) is 18.9. The summed E-state index contributed by atoms with van der Waals surface area (Å²) in [5.74, 6) is 3.78. The Morgan fingerprint density at radius 1 is 0.436 bits per heavy atom. The zero-order chi connectivity index (χ0) is 27.8. The van der Waals surface area contributed by atoms with Crippen LogP contribution in [0.2, 0.25) is 0 Å². The smallest absolute Gasteiger partial charge is 0.343 e. The fraction of sp³-hybridized carbons (Fsp3) is 0.0345. The van der Waals surface area contributed by atoms with E-state index in [1.807, 2.05) is 0 Å². The molecule has 39 heavy (non-hydrogen) atoms. The molecule has 196 valence electrons. The molecule has 10 heteroatoms. The van der Waals surface area contributed by atoms with Crippen LogP contribution in [-0.2, 0) is 4.74 Å². The van der Waals surface area contributed by atoms with Gasteiger partial charge in [-0.15, -0.1) is 0 Å². The number of esters is 4. The molecular weight excluding hydrogens is 506 g/mol. The van der Waals surface area contributed by atoms with Crippen molar-refractivity contribution in [2.24, 2.45) is 5.90 Å². The Morgan fingerprint density at radius 2 is 0.692 bits per heavy atom. The topological polar surface area (TPSA) is 140 Å². The van der Waals surface area contributed by atoms with E-state index in [0.29, 0.717) is 16.9 Å². The van der Waals surface area contributed by atoms with Crippen molar-refractivity contribution < 1.29 is 43.0 Å². The summed E-state index contributed by atoms with van der Waals surface area (Å²) in [5.41, 5.74) is 1.06. The molecule has 0 atom stereocenters. The van der Waals surface area contributed by atoms with E-state index < -0.39 is 23.9 Å². The molecule has 4 aromatic carbocycles. The molecular formula is C29H21NO9. The predicted octanol–water partition coefficient (Wildman–Crippen LogP) is 4.38. The number of carbonyl (C=O) groups excluding carboxylic acids is 4. The van der Waals surface area contributed by atoms with Gasteiger partial charge in [0.1, 0.15) is 23.0 Å². The molecule has 0 radical (unpaired) electrons. The lowest BCUT2D eigenvalue weighted by Crippen LogP contribution is -2.11. The second-order valence-electron chi connectivity index (χ2n) is 7.88. The van der Waals surface area contributed by atoms with Crippen molar-refractivity contribution in [3.8, 4) is 23.0 Å². The first-order valence-electron chi connectivity index (χ1n) is 11.4. The lowest BCUT2D eigenvalue weighted by molar-refractivity contribution is 0.0599. The van der Waals surface area contributed by atoms with E-state index in [0.717, 1.165) is 0 Å². The van der Waals surface area contributed by atoms with Gasteiger partial charge in [-0.25, -0.2) is 19.2 Å². The minimum atomic E-state index is -0.647. The van der Waals surface area contributed by atoms with Gasteiger partial charge < -0.3 is 23.8 Å². The number of hydrogen-bond acceptors (Lipinski definition) is 10. The van der Waals surface area contributed by atoms with Gasteiger partial charge in [0.15, 0.2) is 0 Å². The third-order valence-electron chi connectivity index (χ3n) is 5.31. The highest BCUT2D eigenvalue weighted by atomic mass is 16.6. The molecule has 0 heterocycles. The fourth-order valence-corrected chi connectivity index (χ4v) is 3.26. The lowest BCUT2D eigenvalue weighted by Gasteiger charge is -2.08. The van der Waals surface area contributed by atoms with Crippen LogP contribution in [0.4, 0.5) is 0 Å². The van der Waals surface area contributed by atoms with Crippen LogP contribution in [0.5, 0.6) is 23.0 Å². The molecule has 0 amide bonds. The largest absolute Gasteiger partial charge is 0.465 e. The highest BCUT2D eigenvalue weighted by Crippen LogP contribution is 2.20. The van der Waals surface area contributed by atoms with Crippen LogP contribution in [0.15, 0.2) is 97.1 Å². The van der Waals surface area contributed by atoms with Crippen molar-refractivity contribution in [3.05, 3.63) is 119 Å². The molecule has 0 unspecified atom stereocenters. The Morgan fingerprint density at radius 3 is 0.949 bits per heavy atom. The highest BCUT2D eigenvalue weighted by molar-refractivity contribution is 5.94. The van der Waals surface area contributed by atoms with Crippen molar-refractivity contribution in [3.63, 3.8) is 0 Å². The summed E-state index contributed by atoms with van der Waals surface area (Å²) < 4.78 is 20.6. The summed E-state index contributed by atoms with van der Waals surface area (Å²) in [7, 11) is 1.27. The van der Waals surface area contributed by atoms with Gasteiger partial charge in [0.25, 0.3) is 0 Å². The van der Waals surface area contributed by atoms with Gasteiger partial charge in [-0.1, -0.05) is 0 Å². The number of nitrogens with two attached hydrogens (primary N) is 1. The second kappa shape index (κ2) is 12.2. The molecule has 0 aliphatic rings. The molecule has 4 rings (SSSR count). The summed E-state index contributed by atoms with van der Waals surface area (Å²) in [6.07, 6.45) is 0. The van der Waals surface area contributed by atoms with Crippen LogP contribution >= 0.6 is 0 Å². The number of hydrogen-bond donors (Lipinski definition) is 1. The average molecular weight is 527 g/mol. The molecule has 0 aliphatic carbocycles. The van der Waals surface area contributed by atoms with Crippen LogP contribution in [0.1, 0.15) is 41.4 Å². The van der Waals surface area contributed by atoms with Gasteiger partial charge in [-0.3, -0.25) is 0 Å². The van der Waals surface area contributed by atoms with E-state index >= 15 is 0 Å². The van der Waals surface area contributed by atoms with Crippen molar-refractivity contribution in [2.75, 3.05) is 7.11 Å². The maximum atomic E-state index is 12.5. The third-order valence-corrected chi connectivity index (χ3v) is 5.31. The monoisotopic (exact) mass is 527 g/mol. The van der Waals surface area contributed by atoms with E-state index in [1.165, 1.54) is 104 Å². The number of methoxy groups -OCH3 is 1. The molecule has 2 N–H and O–H groups in total. The maximum absolute atomic E-state index is 12.5. The van der Waals surface area contributed by atoms with Crippen molar-refractivity contribution >= 4 is 23.9 Å². The number of benzene rings is 4. The molecule has 0 fully saturated rings. The summed E-state index contributed by atoms with van der Waals surface area (Å²) in [6, 6.07) is 23.6. The molecule has 0 saturated carbocycles. The zero-order valence-electron chi connectivity index (χ0n) is 20.5. The minimum absolute atomic E-state index is 0.208. The molecule has 10 nitrogen and oxygen atoms in total. The zero-order valence-corrected chi connectivity index (χ0v) is 20.5. The number of ether oxygens (including phenoxy) is 4. The molecule has 0 bridgehead atoms. The Hall–Kier alpha value is -5.48. The Labute approximate surface area is 222 Å². The quantitative estimate of drug-likeness (QED) is 0.199. The molecule has 0 spiro atoms. The number of rotatable bonds is 8. The van der Waals surface area contributed by atoms with Crippen LogP contribution in [0.25, 0.3) is 0 Å². The second-order valence-corrected chi connectivity index (χ2v) is 7.88. The summed E-state index contributed by atoms with van der Waals surface area (Å²) in [5, 5.41) is 0. The molecule has 0 saturated heterocycles. The van der Waals surface area contributed by atoms with E-state index in [-0.39, 0.29) is 28.4 Å². The van der Waals surface area contributed by atoms with Crippen LogP contribution in [-0.4, -0.2) is 31.0 Å². The molecule has 0 aromatic heterocycles. The highest BCUT2D eigenvalue weighted by Gasteiger charge is 2.14. The average Bonchev–Trinajstić information content (AvgIpc) is 2.97. The van der Waals surface area contributed by atoms with Crippen molar-refractivity contribution in [1.82, 2.24) is 0 Å². The van der Waals surface area contributed by atoms with E-state index in [2.05, 4.69) is 9.57 Å². The van der Waals surface area contributed by atoms with Gasteiger partial charge in [-0.2, -0.15) is 5.90 Å². The summed E-state index contributed by atoms with van der Waals surface area (Å²) in [6.45, 7) is 0. The Balaban J connectivity index is 1.31. The van der Waals surface area contributed by atoms with Crippen LogP contribution < -0.4 is 24.9 Å². The van der Waals surface area contributed by atoms with Crippen molar-refractivity contribution in [2.45, 2.75) is 0 Å². The first-order valence-corrected chi connectivity index (χ1v) is 11.4. The van der Waals surface area contributed by atoms with Gasteiger partial charge in [0, 0.05) is 0 Å². The van der Waals surface area contributed by atoms with E-state index in [4.69, 9.17) is 20.1 Å². The van der Waals surface area contributed by atoms with E-state index in [9.17, 15) is 19.2 Å². The standard InChI is InChI=1S/C29H21NO9/c1-35-26(31)18-2-10-22(11-3-18)36-27(32)19-4-12-23(13-5-19)37-28(33)20-6-14-24(15-7-20)38-29(34)21-8-16-25(39-30)17-9-21/h2-17H,30H2,1H3. The third kappa shape index (κ3) is 6.85. The van der Waals surface area contributed by atoms with Crippen molar-refractivity contribution in [1.29, 1.82) is 0 Å². The van der Waals surface area contributed by atoms with Crippen LogP contribution in [0, 0.1) is 0 Å². The maximum Gasteiger partial charge on any atom is 0.343 e. The summed E-state index contributed by atoms with van der Waals surface area (Å²) in [4.78, 5) is 53.2. The summed E-state index contributed by atoms with van der Waals surface area (Å²) >= 11 is 0. The van der Waals surface area contributed by atoms with Gasteiger partial charge in [0.2, 0.25) is 0 Å². The lowest BCUT2D eigenvalue weighted by atomic mass is 10.2. The Kier molecular flexibility index (Phi) is 8.30. The first kappa shape index (κ1) is 26.6. The molecule has 4 aromatic rings. The number of carbonyl (C=O) groups is 4. The van der Waals surface area contributed by atoms with Gasteiger partial charge in [-0.05, 0) is 97.1 Å². The Bertz CT molecular complexity index is 1480. The molecule has 0 aliphatic heterocycles. The predicted molar refractivity (Wildman–Crippen MR) is 137 cm³/mol.